The SMILES string of the molecule is CC(=O)NC1C(OCCOCCOCCOCCNC(=O)CCOCC(COCCC(=O)NCCOCCOCCOCCOC2OC(CO)C(O)C(O)C2NC(C)=O)(COCCC(=O)NCCOCCOCCOCCOC2OC(CO)C(O)C(O)C2NC(C)=O)NC(=O)CCCCCn2cc(C)nn2)OC(CO)C(O)C1O. The van der Waals surface area contributed by atoms with Gasteiger partial charge < -0.3 is 168 Å². The Morgan fingerprint density at radius 3 is 0.965 bits per heavy atom. The number of carbonyl (C=O) groups is 7. The molecule has 44 heteroatoms. The van der Waals surface area contributed by atoms with Gasteiger partial charge in [-0.3, -0.25) is 38.2 Å². The Balaban J connectivity index is 1.19. The van der Waals surface area contributed by atoms with Crippen LogP contribution < -0.4 is 37.2 Å². The third-order valence-corrected chi connectivity index (χ3v) is 17.1. The van der Waals surface area contributed by atoms with Crippen LogP contribution in [-0.4, -0.2) is 418 Å². The lowest BCUT2D eigenvalue weighted by Crippen LogP contribution is -2.64. The molecule has 15 unspecified atom stereocenters. The van der Waals surface area contributed by atoms with Gasteiger partial charge in [-0.25, -0.2) is 0 Å². The maximum absolute atomic E-state index is 13.8. The van der Waals surface area contributed by atoms with E-state index in [2.05, 4.69) is 47.5 Å². The predicted molar refractivity (Wildman–Crippen MR) is 391 cm³/mol. The molecule has 3 fully saturated rings. The Kier molecular flexibility index (Phi) is 53.7. The first kappa shape index (κ1) is 101. The minimum absolute atomic E-state index is 0.00225. The lowest BCUT2D eigenvalue weighted by molar-refractivity contribution is -0.272. The molecular weight excluding hydrogens is 1520 g/mol. The summed E-state index contributed by atoms with van der Waals surface area (Å²) in [6, 6.07) is -3.23. The number of nitrogens with zero attached hydrogens (tertiary/aromatic N) is 3. The topological polar surface area (TPSA) is 583 Å². The number of aromatic nitrogens is 3. The summed E-state index contributed by atoms with van der Waals surface area (Å²) in [4.78, 5) is 87.8. The number of unbranched alkanes of at least 4 members (excludes halogenated alkanes) is 2. The molecule has 3 aliphatic rings. The standard InChI is InChI=1S/C70H126N10O34/c1-47-40-80(79-78-47)15-7-5-6-8-57(90)77-70(44-106-16-9-54(87)71-12-19-97-22-25-100-28-31-103-34-37-109-67-58(74-48(2)84)64(94)61(91)51(41-81)112-67,45-107-17-10-55(88)72-13-20-98-23-26-101-29-32-104-35-38-110-68-59(75-49(3)85)65(95)62(92)52(42-82)113-68)46-108-18-11-56(89)73-14-21-99-24-27-102-30-33-105-36-39-111-69-60(76-50(4)86)66(96)63(93)53(43-83)114-69/h40,51-53,58-69,81-83,91-96H,5-39,41-46H2,1-4H3,(H,71,87)(H,72,88)(H,73,89)(H,74,84)(H,75,85)(H,76,86)(H,77,90). The quantitative estimate of drug-likeness (QED) is 0.0269. The molecule has 0 radical (unpaired) electrons. The minimum Gasteiger partial charge on any atom is -0.394 e. The van der Waals surface area contributed by atoms with Gasteiger partial charge in [0, 0.05) is 78.8 Å². The number of rotatable bonds is 67. The van der Waals surface area contributed by atoms with Crippen LogP contribution in [0.25, 0.3) is 0 Å². The van der Waals surface area contributed by atoms with Gasteiger partial charge in [-0.05, 0) is 19.8 Å². The number of aliphatic hydroxyl groups excluding tert-OH is 9. The number of ether oxygens (including phenoxy) is 18. The van der Waals surface area contributed by atoms with E-state index in [-0.39, 0.29) is 247 Å². The number of aryl methyl sites for hydroxylation is 2. The highest BCUT2D eigenvalue weighted by atomic mass is 16.7. The number of aliphatic hydroxyl groups is 9. The van der Waals surface area contributed by atoms with Gasteiger partial charge in [0.25, 0.3) is 0 Å². The monoisotopic (exact) mass is 1650 g/mol. The zero-order valence-corrected chi connectivity index (χ0v) is 65.8. The summed E-state index contributed by atoms with van der Waals surface area (Å²) >= 11 is 0. The third kappa shape index (κ3) is 42.7. The summed E-state index contributed by atoms with van der Waals surface area (Å²) in [5.41, 5.74) is -0.601. The molecule has 4 heterocycles. The molecule has 3 saturated heterocycles. The number of nitrogens with one attached hydrogen (secondary N) is 7. The van der Waals surface area contributed by atoms with E-state index in [0.717, 1.165) is 12.1 Å². The number of hydrogen-bond donors (Lipinski definition) is 16. The Bertz CT molecular complexity index is 2530. The van der Waals surface area contributed by atoms with E-state index in [0.29, 0.717) is 19.4 Å². The van der Waals surface area contributed by atoms with Crippen LogP contribution in [0.5, 0.6) is 0 Å². The van der Waals surface area contributed by atoms with E-state index >= 15 is 0 Å². The molecule has 0 spiro atoms. The summed E-state index contributed by atoms with van der Waals surface area (Å²) in [5, 5.41) is 117. The predicted octanol–water partition coefficient (Wildman–Crippen LogP) is -8.40. The first-order valence-electron chi connectivity index (χ1n) is 38.5. The highest BCUT2D eigenvalue weighted by molar-refractivity contribution is 5.78. The van der Waals surface area contributed by atoms with Crippen LogP contribution in [0.1, 0.15) is 71.4 Å². The van der Waals surface area contributed by atoms with E-state index in [4.69, 9.17) is 85.3 Å². The van der Waals surface area contributed by atoms with Crippen molar-refractivity contribution in [2.45, 2.75) is 177 Å². The van der Waals surface area contributed by atoms with Crippen LogP contribution in [-0.2, 0) is 125 Å². The lowest BCUT2D eigenvalue weighted by Gasteiger charge is -2.42. The summed E-state index contributed by atoms with van der Waals surface area (Å²) in [6.07, 6.45) is -11.8. The smallest absolute Gasteiger partial charge is 0.222 e. The average Bonchev–Trinajstić information content (AvgIpc) is 0.846. The van der Waals surface area contributed by atoms with Crippen molar-refractivity contribution in [2.75, 3.05) is 218 Å². The van der Waals surface area contributed by atoms with Crippen LogP contribution in [0.3, 0.4) is 0 Å². The van der Waals surface area contributed by atoms with E-state index in [1.54, 1.807) is 4.68 Å². The molecule has 114 heavy (non-hydrogen) atoms. The van der Waals surface area contributed by atoms with Gasteiger partial charge in [-0.1, -0.05) is 11.6 Å². The van der Waals surface area contributed by atoms with Crippen LogP contribution in [0.2, 0.25) is 0 Å². The summed E-state index contributed by atoms with van der Waals surface area (Å²) in [7, 11) is 0. The molecule has 0 aliphatic carbocycles. The fourth-order valence-corrected chi connectivity index (χ4v) is 11.3. The number of carbonyl (C=O) groups excluding carboxylic acids is 7. The molecule has 16 N–H and O–H groups in total. The van der Waals surface area contributed by atoms with Crippen LogP contribution in [0, 0.1) is 6.92 Å². The molecule has 3 aliphatic heterocycles. The molecule has 660 valence electrons. The first-order valence-corrected chi connectivity index (χ1v) is 38.5. The average molecular weight is 1650 g/mol. The lowest BCUT2D eigenvalue weighted by atomic mass is 9.97. The largest absolute Gasteiger partial charge is 0.394 e. The normalized spacial score (nSPS) is 24.2. The fourth-order valence-electron chi connectivity index (χ4n) is 11.3. The van der Waals surface area contributed by atoms with E-state index in [9.17, 15) is 79.5 Å². The maximum Gasteiger partial charge on any atom is 0.222 e. The first-order chi connectivity index (χ1) is 55.0. The molecule has 4 rings (SSSR count). The summed E-state index contributed by atoms with van der Waals surface area (Å²) < 4.78 is 103. The number of hydrogen-bond acceptors (Lipinski definition) is 36. The van der Waals surface area contributed by atoms with E-state index in [1.807, 2.05) is 13.1 Å². The maximum atomic E-state index is 13.8. The van der Waals surface area contributed by atoms with Crippen LogP contribution in [0.4, 0.5) is 0 Å². The highest BCUT2D eigenvalue weighted by Gasteiger charge is 2.48. The zero-order valence-electron chi connectivity index (χ0n) is 65.8. The van der Waals surface area contributed by atoms with Crippen LogP contribution in [0.15, 0.2) is 6.20 Å². The van der Waals surface area contributed by atoms with Gasteiger partial charge in [-0.15, -0.1) is 5.10 Å². The second-order valence-corrected chi connectivity index (χ2v) is 26.6. The fraction of sp³-hybridized carbons (Fsp3) is 0.871. The highest BCUT2D eigenvalue weighted by Crippen LogP contribution is 2.25. The van der Waals surface area contributed by atoms with Crippen molar-refractivity contribution < 1.29 is 165 Å². The van der Waals surface area contributed by atoms with Crippen molar-refractivity contribution in [3.63, 3.8) is 0 Å². The summed E-state index contributed by atoms with van der Waals surface area (Å²) in [6.45, 7) is 7.41. The van der Waals surface area contributed by atoms with E-state index in [1.165, 1.54) is 20.8 Å². The Labute approximate surface area is 662 Å². The minimum atomic E-state index is -1.44. The Hall–Kier alpha value is -5.65. The number of amides is 7. The second-order valence-electron chi connectivity index (χ2n) is 26.6. The van der Waals surface area contributed by atoms with Gasteiger partial charge in [0.1, 0.15) is 78.6 Å². The zero-order chi connectivity index (χ0) is 83.1. The molecule has 0 bridgehead atoms. The van der Waals surface area contributed by atoms with Crippen molar-refractivity contribution in [3.05, 3.63) is 11.9 Å². The molecule has 1 aromatic rings. The van der Waals surface area contributed by atoms with Gasteiger partial charge in [0.05, 0.1) is 204 Å². The Morgan fingerprint density at radius 2 is 0.684 bits per heavy atom. The molecular formula is C70H126N10O34. The Morgan fingerprint density at radius 1 is 0.386 bits per heavy atom. The molecule has 7 amide bonds. The second kappa shape index (κ2) is 60.8. The van der Waals surface area contributed by atoms with Crippen molar-refractivity contribution in [2.24, 2.45) is 0 Å². The molecule has 15 atom stereocenters. The summed E-state index contributed by atoms with van der Waals surface area (Å²) in [5.74, 6) is -2.84. The van der Waals surface area contributed by atoms with Crippen molar-refractivity contribution in [1.29, 1.82) is 0 Å². The van der Waals surface area contributed by atoms with Crippen LogP contribution >= 0.6 is 0 Å². The van der Waals surface area contributed by atoms with Gasteiger partial charge >= 0.3 is 0 Å². The molecule has 0 saturated carbocycles. The van der Waals surface area contributed by atoms with Crippen molar-refractivity contribution >= 4 is 41.4 Å². The van der Waals surface area contributed by atoms with Gasteiger partial charge in [0.2, 0.25) is 41.4 Å². The van der Waals surface area contributed by atoms with Gasteiger partial charge in [-0.2, -0.15) is 0 Å². The molecule has 44 nitrogen and oxygen atoms in total. The van der Waals surface area contributed by atoms with Crippen molar-refractivity contribution in [1.82, 2.24) is 52.2 Å². The third-order valence-electron chi connectivity index (χ3n) is 17.1. The molecule has 0 aromatic carbocycles. The molecule has 1 aromatic heterocycles. The van der Waals surface area contributed by atoms with Crippen molar-refractivity contribution in [3.8, 4) is 0 Å². The van der Waals surface area contributed by atoms with Gasteiger partial charge in [0.15, 0.2) is 18.9 Å². The van der Waals surface area contributed by atoms with E-state index < -0.39 is 135 Å².